The molecule has 1 aromatic heterocycles. The number of nitrogens with one attached hydrogen (secondary N) is 1. The minimum absolute atomic E-state index is 0.0382. The molecule has 180 valence electrons. The molecule has 10 heteroatoms. The number of fused-ring (bicyclic) bond motifs is 2. The second-order valence-electron chi connectivity index (χ2n) is 8.65. The van der Waals surface area contributed by atoms with Gasteiger partial charge in [0.25, 0.3) is 10.0 Å². The van der Waals surface area contributed by atoms with Crippen molar-refractivity contribution in [1.82, 2.24) is 13.5 Å². The van der Waals surface area contributed by atoms with Crippen molar-refractivity contribution in [3.05, 3.63) is 77.4 Å². The van der Waals surface area contributed by atoms with Crippen LogP contribution in [0.15, 0.2) is 65.6 Å². The van der Waals surface area contributed by atoms with E-state index in [1.807, 2.05) is 26.0 Å². The van der Waals surface area contributed by atoms with Crippen LogP contribution >= 0.6 is 11.7 Å². The minimum Gasteiger partial charge on any atom is -0.454 e. The number of carbonyl (C=O) groups is 1. The number of ether oxygens (including phenoxy) is 2. The summed E-state index contributed by atoms with van der Waals surface area (Å²) in [4.78, 5) is 13.5. The van der Waals surface area contributed by atoms with Gasteiger partial charge in [-0.25, -0.2) is 13.1 Å². The molecule has 4 aromatic rings. The molecule has 0 spiro atoms. The number of aromatic nitrogens is 2. The molecule has 0 saturated heterocycles. The first-order valence-electron chi connectivity index (χ1n) is 11.1. The predicted molar refractivity (Wildman–Crippen MR) is 132 cm³/mol. The smallest absolute Gasteiger partial charge is 0.264 e. The highest BCUT2D eigenvalue weighted by atomic mass is 32.2. The fourth-order valence-corrected chi connectivity index (χ4v) is 5.51. The minimum atomic E-state index is -4.06. The average Bonchev–Trinajstić information content (AvgIpc) is 3.50. The molecule has 2 heterocycles. The number of rotatable bonds is 7. The van der Waals surface area contributed by atoms with Crippen LogP contribution in [0.4, 0.5) is 0 Å². The molecule has 1 unspecified atom stereocenters. The molecule has 35 heavy (non-hydrogen) atoms. The van der Waals surface area contributed by atoms with E-state index in [4.69, 9.17) is 9.47 Å². The summed E-state index contributed by atoms with van der Waals surface area (Å²) in [7, 11) is -4.06. The van der Waals surface area contributed by atoms with E-state index < -0.39 is 21.8 Å². The van der Waals surface area contributed by atoms with Gasteiger partial charge in [-0.05, 0) is 65.4 Å². The van der Waals surface area contributed by atoms with Crippen molar-refractivity contribution in [2.24, 2.45) is 0 Å². The zero-order valence-electron chi connectivity index (χ0n) is 19.1. The maximum absolute atomic E-state index is 13.4. The zero-order chi connectivity index (χ0) is 24.6. The molecule has 1 aliphatic rings. The normalized spacial score (nSPS) is 13.8. The fraction of sp³-hybridized carbons (Fsp3) is 0.240. The summed E-state index contributed by atoms with van der Waals surface area (Å²) in [5.74, 6) is 0.0858. The van der Waals surface area contributed by atoms with Gasteiger partial charge in [-0.3, -0.25) is 4.79 Å². The molecular weight excluding hydrogens is 486 g/mol. The molecule has 5 rings (SSSR count). The van der Waals surface area contributed by atoms with Crippen LogP contribution in [0.1, 0.15) is 42.4 Å². The van der Waals surface area contributed by atoms with Crippen molar-refractivity contribution in [2.75, 3.05) is 6.79 Å². The van der Waals surface area contributed by atoms with Gasteiger partial charge >= 0.3 is 0 Å². The highest BCUT2D eigenvalue weighted by molar-refractivity contribution is 7.90. The summed E-state index contributed by atoms with van der Waals surface area (Å²) in [5, 5.41) is 0. The van der Waals surface area contributed by atoms with Gasteiger partial charge in [0.2, 0.25) is 12.7 Å². The Balaban J connectivity index is 1.46. The molecule has 1 N–H and O–H groups in total. The summed E-state index contributed by atoms with van der Waals surface area (Å²) in [5.41, 5.74) is 3.85. The van der Waals surface area contributed by atoms with Gasteiger partial charge in [-0.2, -0.15) is 8.75 Å². The maximum atomic E-state index is 13.4. The van der Waals surface area contributed by atoms with Crippen molar-refractivity contribution >= 4 is 38.7 Å². The number of benzene rings is 3. The molecular formula is C25H23N3O5S2. The first-order valence-corrected chi connectivity index (χ1v) is 13.3. The average molecular weight is 510 g/mol. The fourth-order valence-electron chi connectivity index (χ4n) is 3.98. The van der Waals surface area contributed by atoms with Crippen LogP contribution in [-0.4, -0.2) is 29.9 Å². The molecule has 1 atom stereocenters. The van der Waals surface area contributed by atoms with E-state index in [0.29, 0.717) is 22.6 Å². The Morgan fingerprint density at radius 2 is 1.66 bits per heavy atom. The SMILES string of the molecule is CC(C)c1ccc(S(=O)(=O)NC(=O)C(Cc2ccc3c(c2)OCO3)c2ccc3nsnc3c2)cc1. The number of carbonyl (C=O) groups excluding carboxylic acids is 1. The number of hydrogen-bond acceptors (Lipinski definition) is 8. The molecule has 0 saturated carbocycles. The van der Waals surface area contributed by atoms with E-state index in [-0.39, 0.29) is 24.0 Å². The topological polar surface area (TPSA) is 107 Å². The maximum Gasteiger partial charge on any atom is 0.264 e. The summed E-state index contributed by atoms with van der Waals surface area (Å²) in [6.07, 6.45) is 0.257. The van der Waals surface area contributed by atoms with Crippen LogP contribution in [0.25, 0.3) is 11.0 Å². The molecule has 3 aromatic carbocycles. The van der Waals surface area contributed by atoms with Crippen molar-refractivity contribution in [3.63, 3.8) is 0 Å². The van der Waals surface area contributed by atoms with Gasteiger partial charge in [0, 0.05) is 0 Å². The lowest BCUT2D eigenvalue weighted by molar-refractivity contribution is -0.120. The lowest BCUT2D eigenvalue weighted by Crippen LogP contribution is -2.35. The Bertz CT molecular complexity index is 1500. The van der Waals surface area contributed by atoms with E-state index in [0.717, 1.165) is 28.4 Å². The number of sulfonamides is 1. The Morgan fingerprint density at radius 1 is 0.943 bits per heavy atom. The summed E-state index contributed by atoms with van der Waals surface area (Å²) >= 11 is 1.08. The van der Waals surface area contributed by atoms with Gasteiger partial charge in [0.15, 0.2) is 11.5 Å². The van der Waals surface area contributed by atoms with E-state index in [9.17, 15) is 13.2 Å². The van der Waals surface area contributed by atoms with Gasteiger partial charge in [0.1, 0.15) is 11.0 Å². The van der Waals surface area contributed by atoms with Crippen LogP contribution in [0, 0.1) is 0 Å². The summed E-state index contributed by atoms with van der Waals surface area (Å²) in [6.45, 7) is 4.20. The Labute approximate surface area is 207 Å². The first-order chi connectivity index (χ1) is 16.8. The number of amides is 1. The Morgan fingerprint density at radius 3 is 2.43 bits per heavy atom. The standard InChI is InChI=1S/C25H23N3O5S2/c1-15(2)17-4-7-19(8-5-17)35(30,31)28-25(29)20(18-6-9-21-22(13-18)27-34-26-21)11-16-3-10-23-24(12-16)33-14-32-23/h3-10,12-13,15,20H,11,14H2,1-2H3,(H,28,29). The van der Waals surface area contributed by atoms with Crippen LogP contribution in [0.3, 0.4) is 0 Å². The van der Waals surface area contributed by atoms with Crippen molar-refractivity contribution in [3.8, 4) is 11.5 Å². The van der Waals surface area contributed by atoms with Crippen LogP contribution in [0.5, 0.6) is 11.5 Å². The Kier molecular flexibility index (Phi) is 6.16. The molecule has 0 radical (unpaired) electrons. The third kappa shape index (κ3) is 4.85. The van der Waals surface area contributed by atoms with Gasteiger partial charge in [0.05, 0.1) is 22.5 Å². The van der Waals surface area contributed by atoms with E-state index in [1.54, 1.807) is 36.4 Å². The lowest BCUT2D eigenvalue weighted by Gasteiger charge is -2.18. The summed E-state index contributed by atoms with van der Waals surface area (Å²) in [6, 6.07) is 17.3. The number of nitrogens with zero attached hydrogens (tertiary/aromatic N) is 2. The lowest BCUT2D eigenvalue weighted by atomic mass is 9.91. The third-order valence-electron chi connectivity index (χ3n) is 5.97. The van der Waals surface area contributed by atoms with E-state index in [2.05, 4.69) is 13.5 Å². The van der Waals surface area contributed by atoms with Gasteiger partial charge in [-0.15, -0.1) is 0 Å². The highest BCUT2D eigenvalue weighted by Gasteiger charge is 2.28. The molecule has 8 nitrogen and oxygen atoms in total. The van der Waals surface area contributed by atoms with Crippen LogP contribution < -0.4 is 14.2 Å². The molecule has 0 aliphatic carbocycles. The second kappa shape index (κ2) is 9.27. The largest absolute Gasteiger partial charge is 0.454 e. The van der Waals surface area contributed by atoms with Crippen molar-refractivity contribution < 1.29 is 22.7 Å². The number of hydrogen-bond donors (Lipinski definition) is 1. The summed E-state index contributed by atoms with van der Waals surface area (Å²) < 4.78 is 47.7. The predicted octanol–water partition coefficient (Wildman–Crippen LogP) is 4.37. The van der Waals surface area contributed by atoms with E-state index >= 15 is 0 Å². The molecule has 0 bridgehead atoms. The second-order valence-corrected chi connectivity index (χ2v) is 10.9. The zero-order valence-corrected chi connectivity index (χ0v) is 20.7. The van der Waals surface area contributed by atoms with Crippen LogP contribution in [-0.2, 0) is 21.2 Å². The van der Waals surface area contributed by atoms with E-state index in [1.165, 1.54) is 12.1 Å². The third-order valence-corrected chi connectivity index (χ3v) is 7.88. The van der Waals surface area contributed by atoms with Gasteiger partial charge < -0.3 is 9.47 Å². The van der Waals surface area contributed by atoms with Crippen molar-refractivity contribution in [2.45, 2.75) is 37.0 Å². The van der Waals surface area contributed by atoms with Gasteiger partial charge in [-0.1, -0.05) is 38.1 Å². The molecule has 1 amide bonds. The first kappa shape index (κ1) is 23.3. The van der Waals surface area contributed by atoms with Crippen LogP contribution in [0.2, 0.25) is 0 Å². The highest BCUT2D eigenvalue weighted by Crippen LogP contribution is 2.34. The molecule has 1 aliphatic heterocycles. The monoisotopic (exact) mass is 509 g/mol. The Hall–Kier alpha value is -3.50. The quantitative estimate of drug-likeness (QED) is 0.394. The molecule has 0 fully saturated rings. The van der Waals surface area contributed by atoms with Crippen molar-refractivity contribution in [1.29, 1.82) is 0 Å².